The third-order valence-electron chi connectivity index (χ3n) is 4.95. The van der Waals surface area contributed by atoms with Gasteiger partial charge in [0.25, 0.3) is 5.56 Å². The summed E-state index contributed by atoms with van der Waals surface area (Å²) < 4.78 is 1.50. The maximum atomic E-state index is 13.3. The van der Waals surface area contributed by atoms with Crippen LogP contribution in [0.25, 0.3) is 16.6 Å². The van der Waals surface area contributed by atoms with Crippen LogP contribution in [0.1, 0.15) is 19.8 Å². The zero-order chi connectivity index (χ0) is 20.5. The Hall–Kier alpha value is -2.02. The van der Waals surface area contributed by atoms with Gasteiger partial charge in [0.05, 0.1) is 31.9 Å². The summed E-state index contributed by atoms with van der Waals surface area (Å²) in [4.78, 5) is 32.7. The van der Waals surface area contributed by atoms with Crippen LogP contribution in [0.2, 0.25) is 10.0 Å². The van der Waals surface area contributed by atoms with E-state index in [2.05, 4.69) is 0 Å². The number of likely N-dealkylation sites (tertiary alicyclic amines) is 1. The number of thioether (sulfide) groups is 1. The molecule has 3 aromatic rings. The van der Waals surface area contributed by atoms with E-state index in [4.69, 9.17) is 28.2 Å². The highest BCUT2D eigenvalue weighted by atomic mass is 35.5. The van der Waals surface area contributed by atoms with Crippen LogP contribution in [-0.2, 0) is 4.79 Å². The fraction of sp³-hybridized carbons (Fsp3) is 0.286. The minimum atomic E-state index is -0.366. The van der Waals surface area contributed by atoms with Crippen LogP contribution in [0.5, 0.6) is 0 Å². The van der Waals surface area contributed by atoms with Crippen molar-refractivity contribution in [3.63, 3.8) is 0 Å². The van der Waals surface area contributed by atoms with Crippen LogP contribution < -0.4 is 5.56 Å². The summed E-state index contributed by atoms with van der Waals surface area (Å²) >= 11 is 13.5. The molecule has 1 saturated heterocycles. The maximum absolute atomic E-state index is 13.3. The number of benzene rings is 2. The largest absolute Gasteiger partial charge is 0.342 e. The van der Waals surface area contributed by atoms with Crippen LogP contribution in [0.3, 0.4) is 0 Å². The van der Waals surface area contributed by atoms with Crippen molar-refractivity contribution in [2.24, 2.45) is 0 Å². The van der Waals surface area contributed by atoms with E-state index in [1.165, 1.54) is 16.3 Å². The molecule has 0 bridgehead atoms. The number of para-hydroxylation sites is 1. The molecular formula is C21H19Cl2N3O2S. The SMILES string of the molecule is CC(Sc1nc2ccccc2c(=O)n1-c1ccc(Cl)c(Cl)c1)C(=O)N1CCCC1. The highest BCUT2D eigenvalue weighted by Gasteiger charge is 2.26. The van der Waals surface area contributed by atoms with Gasteiger partial charge in [0, 0.05) is 13.1 Å². The van der Waals surface area contributed by atoms with Crippen LogP contribution in [0.15, 0.2) is 52.4 Å². The van der Waals surface area contributed by atoms with Gasteiger partial charge in [-0.25, -0.2) is 4.98 Å². The smallest absolute Gasteiger partial charge is 0.266 e. The Morgan fingerprint density at radius 1 is 1.10 bits per heavy atom. The molecule has 0 aliphatic carbocycles. The average Bonchev–Trinajstić information content (AvgIpc) is 3.25. The Morgan fingerprint density at radius 2 is 1.83 bits per heavy atom. The second-order valence-corrected chi connectivity index (χ2v) is 9.07. The third kappa shape index (κ3) is 4.02. The summed E-state index contributed by atoms with van der Waals surface area (Å²) in [6.07, 6.45) is 2.07. The number of aromatic nitrogens is 2. The molecule has 2 heterocycles. The van der Waals surface area contributed by atoms with E-state index in [9.17, 15) is 9.59 Å². The minimum Gasteiger partial charge on any atom is -0.342 e. The van der Waals surface area contributed by atoms with Gasteiger partial charge in [0.1, 0.15) is 0 Å². The molecule has 0 spiro atoms. The lowest BCUT2D eigenvalue weighted by Gasteiger charge is -2.21. The number of amides is 1. The molecule has 0 radical (unpaired) electrons. The molecule has 150 valence electrons. The highest BCUT2D eigenvalue weighted by Crippen LogP contribution is 2.29. The maximum Gasteiger partial charge on any atom is 0.266 e. The Labute approximate surface area is 182 Å². The number of carbonyl (C=O) groups excluding carboxylic acids is 1. The molecule has 1 aliphatic heterocycles. The standard InChI is InChI=1S/C21H19Cl2N3O2S/c1-13(19(27)25-10-4-5-11-25)29-21-24-18-7-3-2-6-15(18)20(28)26(21)14-8-9-16(22)17(23)12-14/h2-3,6-9,12-13H,4-5,10-11H2,1H3. The van der Waals surface area contributed by atoms with E-state index in [0.29, 0.717) is 31.8 Å². The van der Waals surface area contributed by atoms with Gasteiger partial charge in [-0.05, 0) is 50.1 Å². The highest BCUT2D eigenvalue weighted by molar-refractivity contribution is 8.00. The molecule has 1 unspecified atom stereocenters. The van der Waals surface area contributed by atoms with Gasteiger partial charge < -0.3 is 4.90 Å². The summed E-state index contributed by atoms with van der Waals surface area (Å²) in [6.45, 7) is 3.43. The molecule has 1 amide bonds. The summed E-state index contributed by atoms with van der Waals surface area (Å²) in [5, 5.41) is 1.34. The fourth-order valence-corrected chi connectivity index (χ4v) is 4.75. The molecule has 1 fully saturated rings. The van der Waals surface area contributed by atoms with Gasteiger partial charge >= 0.3 is 0 Å². The summed E-state index contributed by atoms with van der Waals surface area (Å²) in [7, 11) is 0. The Morgan fingerprint density at radius 3 is 2.55 bits per heavy atom. The van der Waals surface area contributed by atoms with Crippen molar-refractivity contribution in [1.82, 2.24) is 14.5 Å². The van der Waals surface area contributed by atoms with Gasteiger partial charge in [-0.3, -0.25) is 14.2 Å². The molecule has 8 heteroatoms. The number of hydrogen-bond acceptors (Lipinski definition) is 4. The number of halogens is 2. The summed E-state index contributed by atoms with van der Waals surface area (Å²) in [5.41, 5.74) is 0.945. The van der Waals surface area contributed by atoms with E-state index in [-0.39, 0.29) is 16.7 Å². The van der Waals surface area contributed by atoms with Gasteiger partial charge in [0.2, 0.25) is 5.91 Å². The molecular weight excluding hydrogens is 429 g/mol. The van der Waals surface area contributed by atoms with Crippen molar-refractivity contribution in [3.05, 3.63) is 62.9 Å². The second-order valence-electron chi connectivity index (χ2n) is 6.94. The molecule has 2 aromatic carbocycles. The van der Waals surface area contributed by atoms with Gasteiger partial charge in [-0.1, -0.05) is 47.1 Å². The fourth-order valence-electron chi connectivity index (χ4n) is 3.45. The Kier molecular flexibility index (Phi) is 5.86. The zero-order valence-corrected chi connectivity index (χ0v) is 18.1. The molecule has 1 atom stereocenters. The first-order chi connectivity index (χ1) is 14.0. The topological polar surface area (TPSA) is 55.2 Å². The first-order valence-electron chi connectivity index (χ1n) is 9.38. The van der Waals surface area contributed by atoms with Gasteiger partial charge in [0.15, 0.2) is 5.16 Å². The van der Waals surface area contributed by atoms with Crippen molar-refractivity contribution in [2.45, 2.75) is 30.2 Å². The monoisotopic (exact) mass is 447 g/mol. The van der Waals surface area contributed by atoms with Crippen LogP contribution in [0, 0.1) is 0 Å². The predicted molar refractivity (Wildman–Crippen MR) is 118 cm³/mol. The molecule has 5 nitrogen and oxygen atoms in total. The quantitative estimate of drug-likeness (QED) is 0.425. The van der Waals surface area contributed by atoms with Crippen molar-refractivity contribution in [1.29, 1.82) is 0 Å². The van der Waals surface area contributed by atoms with E-state index in [0.717, 1.165) is 25.9 Å². The molecule has 4 rings (SSSR count). The Balaban J connectivity index is 1.82. The van der Waals surface area contributed by atoms with Crippen molar-refractivity contribution >= 4 is 51.8 Å². The van der Waals surface area contributed by atoms with Gasteiger partial charge in [-0.15, -0.1) is 0 Å². The van der Waals surface area contributed by atoms with Crippen LogP contribution in [-0.4, -0.2) is 38.7 Å². The number of carbonyl (C=O) groups is 1. The van der Waals surface area contributed by atoms with E-state index >= 15 is 0 Å². The molecule has 1 aliphatic rings. The van der Waals surface area contributed by atoms with Crippen molar-refractivity contribution < 1.29 is 4.79 Å². The first kappa shape index (κ1) is 20.3. The lowest BCUT2D eigenvalue weighted by atomic mass is 10.2. The number of nitrogens with zero attached hydrogens (tertiary/aromatic N) is 3. The van der Waals surface area contributed by atoms with Gasteiger partial charge in [-0.2, -0.15) is 0 Å². The predicted octanol–water partition coefficient (Wildman–Crippen LogP) is 4.80. The first-order valence-corrected chi connectivity index (χ1v) is 11.0. The van der Waals surface area contributed by atoms with E-state index in [1.807, 2.05) is 17.9 Å². The summed E-state index contributed by atoms with van der Waals surface area (Å²) in [5.74, 6) is 0.0654. The molecule has 0 N–H and O–H groups in total. The second kappa shape index (κ2) is 8.38. The number of hydrogen-bond donors (Lipinski definition) is 0. The lowest BCUT2D eigenvalue weighted by Crippen LogP contribution is -2.34. The van der Waals surface area contributed by atoms with Crippen LogP contribution in [0.4, 0.5) is 0 Å². The summed E-state index contributed by atoms with van der Waals surface area (Å²) in [6, 6.07) is 12.2. The lowest BCUT2D eigenvalue weighted by molar-refractivity contribution is -0.129. The van der Waals surface area contributed by atoms with Crippen molar-refractivity contribution in [3.8, 4) is 5.69 Å². The Bertz CT molecular complexity index is 1140. The third-order valence-corrected chi connectivity index (χ3v) is 6.73. The minimum absolute atomic E-state index is 0.0654. The molecule has 0 saturated carbocycles. The molecule has 1 aromatic heterocycles. The zero-order valence-electron chi connectivity index (χ0n) is 15.8. The molecule has 29 heavy (non-hydrogen) atoms. The average molecular weight is 448 g/mol. The van der Waals surface area contributed by atoms with Crippen LogP contribution >= 0.6 is 35.0 Å². The number of rotatable bonds is 4. The van der Waals surface area contributed by atoms with E-state index < -0.39 is 0 Å². The van der Waals surface area contributed by atoms with E-state index in [1.54, 1.807) is 36.4 Å². The van der Waals surface area contributed by atoms with Crippen molar-refractivity contribution in [2.75, 3.05) is 13.1 Å². The number of fused-ring (bicyclic) bond motifs is 1. The normalized spacial score (nSPS) is 15.1.